The maximum Gasteiger partial charge on any atom is 0.154 e. The molecule has 0 saturated carbocycles. The van der Waals surface area contributed by atoms with Crippen LogP contribution in [0.4, 0.5) is 0 Å². The molecule has 0 aromatic carbocycles. The van der Waals surface area contributed by atoms with Crippen molar-refractivity contribution >= 4 is 22.6 Å². The predicted molar refractivity (Wildman–Crippen MR) is 120 cm³/mol. The lowest BCUT2D eigenvalue weighted by molar-refractivity contribution is -0.113. The molecule has 0 bridgehead atoms. The fourth-order valence-electron chi connectivity index (χ4n) is 3.22. The molecule has 3 heteroatoms. The van der Waals surface area contributed by atoms with E-state index in [1.165, 1.54) is 101 Å². The zero-order chi connectivity index (χ0) is 18.6. The molecular weight excluding hydrogens is 423 g/mol. The quantitative estimate of drug-likeness (QED) is 0.0782. The molecule has 0 fully saturated rings. The van der Waals surface area contributed by atoms with Gasteiger partial charge in [-0.2, -0.15) is 0 Å². The maximum absolute atomic E-state index is 5.62. The number of rotatable bonds is 20. The Morgan fingerprint density at radius 1 is 0.720 bits per heavy atom. The molecule has 0 saturated heterocycles. The van der Waals surface area contributed by atoms with Gasteiger partial charge in [0.1, 0.15) is 0 Å². The topological polar surface area (TPSA) is 18.5 Å². The van der Waals surface area contributed by atoms with Crippen LogP contribution in [0.25, 0.3) is 0 Å². The summed E-state index contributed by atoms with van der Waals surface area (Å²) in [6, 6.07) is 0. The van der Waals surface area contributed by atoms with E-state index in [9.17, 15) is 0 Å². The Balaban J connectivity index is 3.27. The molecule has 0 heterocycles. The average Bonchev–Trinajstić information content (AvgIpc) is 2.63. The second-order valence-electron chi connectivity index (χ2n) is 7.51. The van der Waals surface area contributed by atoms with E-state index < -0.39 is 0 Å². The van der Waals surface area contributed by atoms with E-state index in [1.807, 2.05) is 6.92 Å². The highest BCUT2D eigenvalue weighted by Crippen LogP contribution is 2.18. The summed E-state index contributed by atoms with van der Waals surface area (Å²) in [7, 11) is 1.70. The normalized spacial score (nSPS) is 13.9. The third-order valence-electron chi connectivity index (χ3n) is 5.14. The first-order valence-corrected chi connectivity index (χ1v) is 12.5. The highest BCUT2D eigenvalue weighted by Gasteiger charge is 2.08. The standard InChI is InChI=1S/C22H45IO2/c1-4-5-6-7-8-9-10-11-12-13-14-15-16-17-22(20-23)18-19-25-21(2)24-3/h21-22H,4-20H2,1-3H3/t21?,22-/m1/s1. The first-order chi connectivity index (χ1) is 12.2. The van der Waals surface area contributed by atoms with Gasteiger partial charge in [-0.15, -0.1) is 0 Å². The van der Waals surface area contributed by atoms with Gasteiger partial charge in [-0.25, -0.2) is 0 Å². The summed E-state index contributed by atoms with van der Waals surface area (Å²) in [5, 5.41) is 0. The van der Waals surface area contributed by atoms with Crippen LogP contribution < -0.4 is 0 Å². The van der Waals surface area contributed by atoms with Crippen molar-refractivity contribution in [3.63, 3.8) is 0 Å². The molecule has 0 aromatic heterocycles. The molecule has 2 atom stereocenters. The number of methoxy groups -OCH3 is 1. The number of unbranched alkanes of at least 4 members (excludes halogenated alkanes) is 12. The predicted octanol–water partition coefficient (Wildman–Crippen LogP) is 7.92. The molecule has 0 spiro atoms. The van der Waals surface area contributed by atoms with Gasteiger partial charge in [0.05, 0.1) is 6.61 Å². The number of ether oxygens (including phenoxy) is 2. The molecule has 0 aliphatic heterocycles. The van der Waals surface area contributed by atoms with Crippen LogP contribution >= 0.6 is 22.6 Å². The molecule has 152 valence electrons. The summed E-state index contributed by atoms with van der Waals surface area (Å²) >= 11 is 2.53. The van der Waals surface area contributed by atoms with E-state index in [1.54, 1.807) is 7.11 Å². The van der Waals surface area contributed by atoms with Crippen LogP contribution in [0.3, 0.4) is 0 Å². The first-order valence-electron chi connectivity index (χ1n) is 10.9. The van der Waals surface area contributed by atoms with Crippen LogP contribution in [0.5, 0.6) is 0 Å². The van der Waals surface area contributed by atoms with E-state index in [2.05, 4.69) is 29.5 Å². The SMILES string of the molecule is CCCCCCCCCCCCCCC[C@@H](CI)CCOC(C)OC. The minimum Gasteiger partial charge on any atom is -0.356 e. The van der Waals surface area contributed by atoms with Crippen molar-refractivity contribution in [3.8, 4) is 0 Å². The fraction of sp³-hybridized carbons (Fsp3) is 1.00. The Kier molecular flexibility index (Phi) is 21.5. The lowest BCUT2D eigenvalue weighted by Gasteiger charge is -2.16. The lowest BCUT2D eigenvalue weighted by Crippen LogP contribution is -2.14. The Bertz CT molecular complexity index is 248. The molecule has 0 rings (SSSR count). The lowest BCUT2D eigenvalue weighted by atomic mass is 9.99. The second-order valence-corrected chi connectivity index (χ2v) is 8.40. The van der Waals surface area contributed by atoms with Crippen molar-refractivity contribution in [1.29, 1.82) is 0 Å². The maximum atomic E-state index is 5.62. The van der Waals surface area contributed by atoms with E-state index >= 15 is 0 Å². The minimum absolute atomic E-state index is 0.0637. The molecule has 0 aliphatic rings. The molecular formula is C22H45IO2. The van der Waals surface area contributed by atoms with Crippen LogP contribution in [-0.4, -0.2) is 24.4 Å². The van der Waals surface area contributed by atoms with E-state index in [4.69, 9.17) is 9.47 Å². The summed E-state index contributed by atoms with van der Waals surface area (Å²) < 4.78 is 12.0. The van der Waals surface area contributed by atoms with E-state index in [-0.39, 0.29) is 6.29 Å². The Morgan fingerprint density at radius 2 is 1.20 bits per heavy atom. The molecule has 0 aromatic rings. The van der Waals surface area contributed by atoms with Gasteiger partial charge in [0.25, 0.3) is 0 Å². The highest BCUT2D eigenvalue weighted by molar-refractivity contribution is 14.1. The van der Waals surface area contributed by atoms with E-state index in [0.29, 0.717) is 0 Å². The summed E-state index contributed by atoms with van der Waals surface area (Å²) in [6.07, 6.45) is 21.2. The molecule has 1 unspecified atom stereocenters. The monoisotopic (exact) mass is 468 g/mol. The van der Waals surface area contributed by atoms with Crippen LogP contribution in [-0.2, 0) is 9.47 Å². The number of hydrogen-bond acceptors (Lipinski definition) is 2. The Hall–Kier alpha value is 0.650. The molecule has 2 nitrogen and oxygen atoms in total. The summed E-state index contributed by atoms with van der Waals surface area (Å²) in [6.45, 7) is 5.09. The van der Waals surface area contributed by atoms with Gasteiger partial charge in [-0.1, -0.05) is 113 Å². The van der Waals surface area contributed by atoms with Crippen molar-refractivity contribution in [2.75, 3.05) is 18.1 Å². The average molecular weight is 469 g/mol. The molecule has 0 aliphatic carbocycles. The van der Waals surface area contributed by atoms with Crippen molar-refractivity contribution in [2.24, 2.45) is 5.92 Å². The summed E-state index contributed by atoms with van der Waals surface area (Å²) in [4.78, 5) is 0. The third-order valence-corrected chi connectivity index (χ3v) is 6.39. The first kappa shape index (κ1) is 25.6. The zero-order valence-electron chi connectivity index (χ0n) is 17.4. The van der Waals surface area contributed by atoms with Crippen molar-refractivity contribution < 1.29 is 9.47 Å². The van der Waals surface area contributed by atoms with Gasteiger partial charge in [0.15, 0.2) is 6.29 Å². The third kappa shape index (κ3) is 19.2. The highest BCUT2D eigenvalue weighted by atomic mass is 127. The number of hydrogen-bond donors (Lipinski definition) is 0. The van der Waals surface area contributed by atoms with Gasteiger partial charge < -0.3 is 9.47 Å². The van der Waals surface area contributed by atoms with Crippen LogP contribution in [0.2, 0.25) is 0 Å². The van der Waals surface area contributed by atoms with Crippen molar-refractivity contribution in [1.82, 2.24) is 0 Å². The van der Waals surface area contributed by atoms with Crippen LogP contribution in [0.1, 0.15) is 110 Å². The summed E-state index contributed by atoms with van der Waals surface area (Å²) in [5.41, 5.74) is 0. The van der Waals surface area contributed by atoms with Gasteiger partial charge >= 0.3 is 0 Å². The van der Waals surface area contributed by atoms with Gasteiger partial charge in [0, 0.05) is 11.5 Å². The summed E-state index contributed by atoms with van der Waals surface area (Å²) in [5.74, 6) is 0.817. The smallest absolute Gasteiger partial charge is 0.154 e. The largest absolute Gasteiger partial charge is 0.356 e. The van der Waals surface area contributed by atoms with Gasteiger partial charge in [0.2, 0.25) is 0 Å². The molecule has 25 heavy (non-hydrogen) atoms. The van der Waals surface area contributed by atoms with Crippen molar-refractivity contribution in [2.45, 2.75) is 116 Å². The van der Waals surface area contributed by atoms with Crippen LogP contribution in [0, 0.1) is 5.92 Å². The van der Waals surface area contributed by atoms with Crippen molar-refractivity contribution in [3.05, 3.63) is 0 Å². The molecule has 0 N–H and O–H groups in total. The van der Waals surface area contributed by atoms with Gasteiger partial charge in [-0.05, 0) is 25.7 Å². The van der Waals surface area contributed by atoms with Gasteiger partial charge in [-0.3, -0.25) is 0 Å². The Labute approximate surface area is 172 Å². The van der Waals surface area contributed by atoms with Crippen LogP contribution in [0.15, 0.2) is 0 Å². The second kappa shape index (κ2) is 21.0. The molecule has 0 amide bonds. The fourth-order valence-corrected chi connectivity index (χ4v) is 4.10. The molecule has 0 radical (unpaired) electrons. The minimum atomic E-state index is -0.0637. The number of halogens is 1. The zero-order valence-corrected chi connectivity index (χ0v) is 19.5. The Morgan fingerprint density at radius 3 is 1.64 bits per heavy atom. The number of alkyl halides is 1. The van der Waals surface area contributed by atoms with E-state index in [0.717, 1.165) is 12.5 Å².